The standard InChI is InChI=1S/C24H27FN4O4/c1-24(2,3)14-22(30)27(4)15-23(31)28-21(17-6-5-7-19(12-17)29(32)33)13-20(26-28)16-8-10-18(25)11-9-16/h5-12,21H,13-15H2,1-4H3/t21-/m0/s1. The number of nitrogens with zero attached hydrogens (tertiary/aromatic N) is 4. The van der Waals surface area contributed by atoms with E-state index in [2.05, 4.69) is 5.10 Å². The van der Waals surface area contributed by atoms with Gasteiger partial charge in [0.25, 0.3) is 11.6 Å². The quantitative estimate of drug-likeness (QED) is 0.480. The van der Waals surface area contributed by atoms with E-state index in [1.165, 1.54) is 34.2 Å². The molecule has 1 atom stereocenters. The zero-order valence-corrected chi connectivity index (χ0v) is 19.1. The Balaban J connectivity index is 1.89. The van der Waals surface area contributed by atoms with Crippen molar-refractivity contribution in [1.29, 1.82) is 0 Å². The van der Waals surface area contributed by atoms with Gasteiger partial charge in [-0.25, -0.2) is 9.40 Å². The number of carbonyl (C=O) groups excluding carboxylic acids is 2. The van der Waals surface area contributed by atoms with E-state index in [1.807, 2.05) is 20.8 Å². The van der Waals surface area contributed by atoms with Crippen LogP contribution < -0.4 is 0 Å². The first kappa shape index (κ1) is 24.0. The number of benzene rings is 2. The summed E-state index contributed by atoms with van der Waals surface area (Å²) in [6.45, 7) is 5.65. The Morgan fingerprint density at radius 2 is 1.88 bits per heavy atom. The van der Waals surface area contributed by atoms with Crippen molar-refractivity contribution in [2.45, 2.75) is 39.7 Å². The number of rotatable bonds is 6. The first-order chi connectivity index (χ1) is 15.4. The van der Waals surface area contributed by atoms with Gasteiger partial charge >= 0.3 is 0 Å². The molecule has 0 aliphatic carbocycles. The van der Waals surface area contributed by atoms with Gasteiger partial charge in [-0.2, -0.15) is 5.10 Å². The van der Waals surface area contributed by atoms with Crippen molar-refractivity contribution in [1.82, 2.24) is 9.91 Å². The molecule has 3 rings (SSSR count). The summed E-state index contributed by atoms with van der Waals surface area (Å²) in [4.78, 5) is 37.8. The fraction of sp³-hybridized carbons (Fsp3) is 0.375. The second-order valence-electron chi connectivity index (χ2n) is 9.35. The average molecular weight is 455 g/mol. The lowest BCUT2D eigenvalue weighted by Crippen LogP contribution is -2.40. The average Bonchev–Trinajstić information content (AvgIpc) is 3.18. The predicted molar refractivity (Wildman–Crippen MR) is 122 cm³/mol. The molecule has 9 heteroatoms. The fourth-order valence-electron chi connectivity index (χ4n) is 3.61. The summed E-state index contributed by atoms with van der Waals surface area (Å²) in [6.07, 6.45) is 0.591. The third kappa shape index (κ3) is 6.00. The third-order valence-electron chi connectivity index (χ3n) is 5.29. The second kappa shape index (κ2) is 9.48. The van der Waals surface area contributed by atoms with Gasteiger partial charge in [-0.05, 0) is 28.7 Å². The number of hydrogen-bond donors (Lipinski definition) is 0. The molecule has 0 aromatic heterocycles. The molecule has 174 valence electrons. The highest BCUT2D eigenvalue weighted by Gasteiger charge is 2.34. The fourth-order valence-corrected chi connectivity index (χ4v) is 3.61. The highest BCUT2D eigenvalue weighted by Crippen LogP contribution is 2.34. The van der Waals surface area contributed by atoms with Gasteiger partial charge in [-0.1, -0.05) is 45.0 Å². The summed E-state index contributed by atoms with van der Waals surface area (Å²) in [6, 6.07) is 11.3. The predicted octanol–water partition coefficient (Wildman–Crippen LogP) is 4.31. The van der Waals surface area contributed by atoms with Crippen molar-refractivity contribution in [3.63, 3.8) is 0 Å². The monoisotopic (exact) mass is 454 g/mol. The van der Waals surface area contributed by atoms with Crippen molar-refractivity contribution >= 4 is 23.2 Å². The molecule has 8 nitrogen and oxygen atoms in total. The third-order valence-corrected chi connectivity index (χ3v) is 5.29. The second-order valence-corrected chi connectivity index (χ2v) is 9.35. The number of hydrogen-bond acceptors (Lipinski definition) is 5. The number of halogens is 1. The Kier molecular flexibility index (Phi) is 6.90. The van der Waals surface area contributed by atoms with E-state index in [-0.39, 0.29) is 35.8 Å². The van der Waals surface area contributed by atoms with Crippen LogP contribution in [0.2, 0.25) is 0 Å². The number of amides is 2. The van der Waals surface area contributed by atoms with Crippen LogP contribution >= 0.6 is 0 Å². The van der Waals surface area contributed by atoms with Gasteiger partial charge in [0.15, 0.2) is 0 Å². The summed E-state index contributed by atoms with van der Waals surface area (Å²) in [7, 11) is 1.56. The molecular formula is C24H27FN4O4. The summed E-state index contributed by atoms with van der Waals surface area (Å²) in [5, 5.41) is 17.0. The van der Waals surface area contributed by atoms with E-state index < -0.39 is 16.9 Å². The van der Waals surface area contributed by atoms with Crippen molar-refractivity contribution in [3.05, 3.63) is 75.6 Å². The van der Waals surface area contributed by atoms with E-state index in [9.17, 15) is 24.1 Å². The number of hydrazone groups is 1. The molecule has 0 saturated heterocycles. The smallest absolute Gasteiger partial charge is 0.269 e. The summed E-state index contributed by atoms with van der Waals surface area (Å²) in [5.41, 5.74) is 1.46. The molecule has 1 aliphatic heterocycles. The van der Waals surface area contributed by atoms with Crippen LogP contribution in [0.5, 0.6) is 0 Å². The van der Waals surface area contributed by atoms with Crippen LogP contribution in [0, 0.1) is 21.3 Å². The molecule has 1 aliphatic rings. The lowest BCUT2D eigenvalue weighted by molar-refractivity contribution is -0.385. The SMILES string of the molecule is CN(CC(=O)N1N=C(c2ccc(F)cc2)C[C@H]1c1cccc([N+](=O)[O-])c1)C(=O)CC(C)(C)C. The lowest BCUT2D eigenvalue weighted by Gasteiger charge is -2.26. The Hall–Kier alpha value is -3.62. The Bertz CT molecular complexity index is 1090. The zero-order valence-electron chi connectivity index (χ0n) is 19.1. The van der Waals surface area contributed by atoms with Crippen LogP contribution in [0.1, 0.15) is 50.8 Å². The highest BCUT2D eigenvalue weighted by atomic mass is 19.1. The van der Waals surface area contributed by atoms with Crippen molar-refractivity contribution in [2.24, 2.45) is 10.5 Å². The van der Waals surface area contributed by atoms with E-state index in [0.717, 1.165) is 0 Å². The molecule has 0 fully saturated rings. The normalized spacial score (nSPS) is 15.8. The van der Waals surface area contributed by atoms with Crippen molar-refractivity contribution in [2.75, 3.05) is 13.6 Å². The summed E-state index contributed by atoms with van der Waals surface area (Å²) in [5.74, 6) is -0.961. The largest absolute Gasteiger partial charge is 0.336 e. The summed E-state index contributed by atoms with van der Waals surface area (Å²) < 4.78 is 13.4. The first-order valence-corrected chi connectivity index (χ1v) is 10.6. The van der Waals surface area contributed by atoms with Gasteiger partial charge in [0, 0.05) is 32.0 Å². The van der Waals surface area contributed by atoms with Crippen LogP contribution in [0.25, 0.3) is 0 Å². The van der Waals surface area contributed by atoms with Crippen LogP contribution in [0.15, 0.2) is 53.6 Å². The van der Waals surface area contributed by atoms with E-state index in [0.29, 0.717) is 23.3 Å². The maximum Gasteiger partial charge on any atom is 0.269 e. The minimum atomic E-state index is -0.580. The van der Waals surface area contributed by atoms with Gasteiger partial charge in [0.2, 0.25) is 5.91 Å². The maximum atomic E-state index is 13.4. The molecular weight excluding hydrogens is 427 g/mol. The highest BCUT2D eigenvalue weighted by molar-refractivity contribution is 6.03. The minimum Gasteiger partial charge on any atom is -0.336 e. The van der Waals surface area contributed by atoms with Gasteiger partial charge < -0.3 is 4.90 Å². The van der Waals surface area contributed by atoms with Crippen LogP contribution in [-0.4, -0.2) is 46.0 Å². The molecule has 0 unspecified atom stereocenters. The van der Waals surface area contributed by atoms with Crippen molar-refractivity contribution < 1.29 is 18.9 Å². The number of non-ortho nitro benzene ring substituents is 1. The van der Waals surface area contributed by atoms with E-state index >= 15 is 0 Å². The lowest BCUT2D eigenvalue weighted by atomic mass is 9.92. The van der Waals surface area contributed by atoms with Gasteiger partial charge in [-0.15, -0.1) is 0 Å². The number of likely N-dealkylation sites (N-methyl/N-ethyl adjacent to an activating group) is 1. The van der Waals surface area contributed by atoms with Crippen molar-refractivity contribution in [3.8, 4) is 0 Å². The van der Waals surface area contributed by atoms with E-state index in [4.69, 9.17) is 0 Å². The summed E-state index contributed by atoms with van der Waals surface area (Å²) >= 11 is 0. The van der Waals surface area contributed by atoms with Crippen LogP contribution in [0.3, 0.4) is 0 Å². The molecule has 0 bridgehead atoms. The minimum absolute atomic E-state index is 0.0902. The Morgan fingerprint density at radius 1 is 1.21 bits per heavy atom. The molecule has 0 saturated carbocycles. The van der Waals surface area contributed by atoms with Gasteiger partial charge in [0.1, 0.15) is 12.4 Å². The number of carbonyl (C=O) groups is 2. The zero-order chi connectivity index (χ0) is 24.3. The molecule has 1 heterocycles. The van der Waals surface area contributed by atoms with Gasteiger partial charge in [0.05, 0.1) is 16.7 Å². The Labute approximate surface area is 191 Å². The molecule has 0 radical (unpaired) electrons. The van der Waals surface area contributed by atoms with Crippen LogP contribution in [0.4, 0.5) is 10.1 Å². The first-order valence-electron chi connectivity index (χ1n) is 10.6. The topological polar surface area (TPSA) is 96.1 Å². The molecule has 2 aromatic rings. The van der Waals surface area contributed by atoms with Crippen LogP contribution in [-0.2, 0) is 9.59 Å². The van der Waals surface area contributed by atoms with Gasteiger partial charge in [-0.3, -0.25) is 19.7 Å². The number of nitro groups is 1. The number of nitro benzene ring substituents is 1. The van der Waals surface area contributed by atoms with E-state index in [1.54, 1.807) is 31.3 Å². The molecule has 2 aromatic carbocycles. The molecule has 2 amide bonds. The molecule has 33 heavy (non-hydrogen) atoms. The molecule has 0 spiro atoms. The Morgan fingerprint density at radius 3 is 2.48 bits per heavy atom. The molecule has 0 N–H and O–H groups in total. The maximum absolute atomic E-state index is 13.4.